The van der Waals surface area contributed by atoms with Crippen molar-refractivity contribution in [2.24, 2.45) is 4.99 Å². The zero-order valence-corrected chi connectivity index (χ0v) is 19.4. The quantitative estimate of drug-likeness (QED) is 0.366. The maximum Gasteiger partial charge on any atom is 0.191 e. The average molecular weight is 513 g/mol. The molecule has 0 bridgehead atoms. The molecule has 2 aromatic rings. The van der Waals surface area contributed by atoms with E-state index in [4.69, 9.17) is 4.74 Å². The highest BCUT2D eigenvalue weighted by molar-refractivity contribution is 14.0. The predicted molar refractivity (Wildman–Crippen MR) is 125 cm³/mol. The molecule has 3 rings (SSSR count). The highest BCUT2D eigenvalue weighted by Gasteiger charge is 2.18. The van der Waals surface area contributed by atoms with Gasteiger partial charge < -0.3 is 20.3 Å². The van der Waals surface area contributed by atoms with Gasteiger partial charge in [0.25, 0.3) is 0 Å². The fourth-order valence-electron chi connectivity index (χ4n) is 3.11. The van der Waals surface area contributed by atoms with E-state index in [0.29, 0.717) is 24.6 Å². The highest BCUT2D eigenvalue weighted by Crippen LogP contribution is 2.16. The number of hydrogen-bond donors (Lipinski definition) is 2. The Kier molecular flexibility index (Phi) is 9.09. The minimum atomic E-state index is -0.191. The summed E-state index contributed by atoms with van der Waals surface area (Å²) in [5.74, 6) is 1.44. The Morgan fingerprint density at radius 2 is 1.97 bits per heavy atom. The lowest BCUT2D eigenvalue weighted by molar-refractivity contribution is 0.0529. The summed E-state index contributed by atoms with van der Waals surface area (Å²) < 4.78 is 19.3. The summed E-state index contributed by atoms with van der Waals surface area (Å²) in [6, 6.07) is 9.33. The van der Waals surface area contributed by atoms with Gasteiger partial charge in [0.2, 0.25) is 0 Å². The Balaban J connectivity index is 0.00000300. The normalized spacial score (nSPS) is 16.9. The summed E-state index contributed by atoms with van der Waals surface area (Å²) in [6.45, 7) is 7.38. The standard InChI is InChI=1S/C21H28FN5O.HI/c1-15-4-5-17(10-19(15)22)12-25-21(23-3)26-13-18-6-7-24-20(11-18)27-8-9-28-16(2)14-27;/h4-7,10-11,16H,8-9,12-14H2,1-3H3,(H2,23,25,26);1H. The number of aromatic nitrogens is 1. The molecule has 0 amide bonds. The third kappa shape index (κ3) is 6.81. The van der Waals surface area contributed by atoms with Gasteiger partial charge in [-0.1, -0.05) is 12.1 Å². The molecule has 1 aliphatic heterocycles. The number of rotatable bonds is 5. The van der Waals surface area contributed by atoms with Gasteiger partial charge in [-0.25, -0.2) is 9.37 Å². The summed E-state index contributed by atoms with van der Waals surface area (Å²) in [5.41, 5.74) is 2.64. The van der Waals surface area contributed by atoms with E-state index < -0.39 is 0 Å². The first-order valence-corrected chi connectivity index (χ1v) is 9.56. The van der Waals surface area contributed by atoms with Crippen molar-refractivity contribution >= 4 is 35.8 Å². The van der Waals surface area contributed by atoms with Crippen molar-refractivity contribution < 1.29 is 9.13 Å². The molecule has 1 aromatic heterocycles. The van der Waals surface area contributed by atoms with Gasteiger partial charge in [0.05, 0.1) is 12.7 Å². The SMILES string of the molecule is CN=C(NCc1ccnc(N2CCOC(C)C2)c1)NCc1ccc(C)c(F)c1.I. The first kappa shape index (κ1) is 23.3. The zero-order valence-electron chi connectivity index (χ0n) is 17.1. The van der Waals surface area contributed by atoms with Crippen LogP contribution in [-0.2, 0) is 17.8 Å². The maximum atomic E-state index is 13.7. The van der Waals surface area contributed by atoms with Gasteiger partial charge in [0.1, 0.15) is 11.6 Å². The fraction of sp³-hybridized carbons (Fsp3) is 0.429. The topological polar surface area (TPSA) is 61.8 Å². The number of aryl methyl sites for hydroxylation is 1. The lowest BCUT2D eigenvalue weighted by Crippen LogP contribution is -2.41. The minimum Gasteiger partial charge on any atom is -0.375 e. The van der Waals surface area contributed by atoms with E-state index in [1.807, 2.05) is 18.3 Å². The highest BCUT2D eigenvalue weighted by atomic mass is 127. The number of aliphatic imine (C=N–C) groups is 1. The zero-order chi connectivity index (χ0) is 19.9. The van der Waals surface area contributed by atoms with Crippen LogP contribution in [0, 0.1) is 12.7 Å². The molecule has 1 fully saturated rings. The smallest absolute Gasteiger partial charge is 0.191 e. The van der Waals surface area contributed by atoms with E-state index in [1.54, 1.807) is 26.1 Å². The molecular formula is C21H29FIN5O. The van der Waals surface area contributed by atoms with E-state index in [2.05, 4.69) is 38.5 Å². The van der Waals surface area contributed by atoms with Gasteiger partial charge in [0.15, 0.2) is 5.96 Å². The Labute approximate surface area is 189 Å². The Morgan fingerprint density at radius 3 is 2.62 bits per heavy atom. The van der Waals surface area contributed by atoms with Gasteiger partial charge in [-0.3, -0.25) is 4.99 Å². The number of guanidine groups is 1. The van der Waals surface area contributed by atoms with Crippen LogP contribution in [0.3, 0.4) is 0 Å². The lowest BCUT2D eigenvalue weighted by Gasteiger charge is -2.32. The maximum absolute atomic E-state index is 13.7. The third-order valence-corrected chi connectivity index (χ3v) is 4.75. The molecule has 1 aromatic carbocycles. The molecule has 2 N–H and O–H groups in total. The van der Waals surface area contributed by atoms with Crippen molar-refractivity contribution in [1.29, 1.82) is 0 Å². The molecule has 29 heavy (non-hydrogen) atoms. The van der Waals surface area contributed by atoms with Crippen molar-refractivity contribution in [1.82, 2.24) is 15.6 Å². The number of morpholine rings is 1. The fourth-order valence-corrected chi connectivity index (χ4v) is 3.11. The molecule has 0 saturated carbocycles. The second-order valence-electron chi connectivity index (χ2n) is 7.01. The number of benzene rings is 1. The summed E-state index contributed by atoms with van der Waals surface area (Å²) in [6.07, 6.45) is 2.05. The Bertz CT molecular complexity index is 832. The molecule has 6 nitrogen and oxygen atoms in total. The van der Waals surface area contributed by atoms with Crippen LogP contribution in [0.15, 0.2) is 41.5 Å². The molecule has 1 unspecified atom stereocenters. The van der Waals surface area contributed by atoms with Gasteiger partial charge in [-0.05, 0) is 48.7 Å². The first-order valence-electron chi connectivity index (χ1n) is 9.56. The van der Waals surface area contributed by atoms with Crippen molar-refractivity contribution in [2.45, 2.75) is 33.0 Å². The van der Waals surface area contributed by atoms with Crippen LogP contribution >= 0.6 is 24.0 Å². The molecular weight excluding hydrogens is 484 g/mol. The van der Waals surface area contributed by atoms with Gasteiger partial charge >= 0.3 is 0 Å². The van der Waals surface area contributed by atoms with E-state index in [0.717, 1.165) is 36.6 Å². The van der Waals surface area contributed by atoms with Crippen LogP contribution in [0.2, 0.25) is 0 Å². The van der Waals surface area contributed by atoms with Gasteiger partial charge in [0, 0.05) is 39.4 Å². The second-order valence-corrected chi connectivity index (χ2v) is 7.01. The van der Waals surface area contributed by atoms with Crippen molar-refractivity contribution in [3.8, 4) is 0 Å². The predicted octanol–water partition coefficient (Wildman–Crippen LogP) is 3.24. The van der Waals surface area contributed by atoms with E-state index >= 15 is 0 Å². The largest absolute Gasteiger partial charge is 0.375 e. The van der Waals surface area contributed by atoms with Crippen LogP contribution in [-0.4, -0.2) is 43.8 Å². The molecule has 8 heteroatoms. The van der Waals surface area contributed by atoms with Crippen LogP contribution < -0.4 is 15.5 Å². The van der Waals surface area contributed by atoms with Gasteiger partial charge in [-0.15, -0.1) is 24.0 Å². The van der Waals surface area contributed by atoms with E-state index in [-0.39, 0.29) is 35.9 Å². The van der Waals surface area contributed by atoms with Crippen molar-refractivity contribution in [3.05, 3.63) is 59.0 Å². The number of nitrogens with zero attached hydrogens (tertiary/aromatic N) is 3. The average Bonchev–Trinajstić information content (AvgIpc) is 2.71. The van der Waals surface area contributed by atoms with Crippen LogP contribution in [0.4, 0.5) is 10.2 Å². The second kappa shape index (κ2) is 11.3. The third-order valence-electron chi connectivity index (χ3n) is 4.75. The molecule has 2 heterocycles. The van der Waals surface area contributed by atoms with Crippen LogP contribution in [0.25, 0.3) is 0 Å². The number of anilines is 1. The van der Waals surface area contributed by atoms with Gasteiger partial charge in [-0.2, -0.15) is 0 Å². The number of ether oxygens (including phenoxy) is 1. The summed E-state index contributed by atoms with van der Waals surface area (Å²) in [5, 5.41) is 6.51. The number of hydrogen-bond acceptors (Lipinski definition) is 4. The summed E-state index contributed by atoms with van der Waals surface area (Å²) in [4.78, 5) is 11.0. The Morgan fingerprint density at radius 1 is 1.24 bits per heavy atom. The molecule has 0 spiro atoms. The molecule has 1 aliphatic rings. The lowest BCUT2D eigenvalue weighted by atomic mass is 10.1. The summed E-state index contributed by atoms with van der Waals surface area (Å²) >= 11 is 0. The van der Waals surface area contributed by atoms with Crippen LogP contribution in [0.1, 0.15) is 23.6 Å². The Hall–Kier alpha value is -1.94. The molecule has 1 atom stereocenters. The first-order chi connectivity index (χ1) is 13.5. The molecule has 158 valence electrons. The molecule has 0 aliphatic carbocycles. The molecule has 0 radical (unpaired) electrons. The summed E-state index contributed by atoms with van der Waals surface area (Å²) in [7, 11) is 1.72. The number of nitrogens with one attached hydrogen (secondary N) is 2. The van der Waals surface area contributed by atoms with E-state index in [9.17, 15) is 4.39 Å². The monoisotopic (exact) mass is 513 g/mol. The van der Waals surface area contributed by atoms with Crippen molar-refractivity contribution in [2.75, 3.05) is 31.6 Å². The molecule has 1 saturated heterocycles. The number of pyridine rings is 1. The minimum absolute atomic E-state index is 0. The van der Waals surface area contributed by atoms with E-state index in [1.165, 1.54) is 0 Å². The number of halogens is 2. The van der Waals surface area contributed by atoms with Crippen LogP contribution in [0.5, 0.6) is 0 Å². The van der Waals surface area contributed by atoms with Crippen molar-refractivity contribution in [3.63, 3.8) is 0 Å².